The van der Waals surface area contributed by atoms with Gasteiger partial charge < -0.3 is 33.4 Å². The lowest BCUT2D eigenvalue weighted by molar-refractivity contribution is 0.170. The molecule has 1 fully saturated rings. The van der Waals surface area contributed by atoms with Crippen LogP contribution in [0.15, 0.2) is 46.1 Å². The molecule has 0 unspecified atom stereocenters. The standard InChI is InChI=1S/C26H29N5O5/c1-33-19-2-3-20-21(13-19)31(26(32)24-25(20)36-16-29-24)9-8-30-6-4-17(5-7-30)27-14-18-12-22-23(15-28-18)35-11-10-34-22/h2-3,12-13,15-17,27H,4-11,14H2,1H3. The molecule has 10 nitrogen and oxygen atoms in total. The SMILES string of the molecule is COc1ccc2c3ocnc3c(=O)n(CCN3CCC(NCc4cc5c(cn4)OCCO5)CC3)c2c1. The summed E-state index contributed by atoms with van der Waals surface area (Å²) in [4.78, 5) is 24.3. The highest BCUT2D eigenvalue weighted by atomic mass is 16.6. The predicted octanol–water partition coefficient (Wildman–Crippen LogP) is 2.57. The number of hydrogen-bond acceptors (Lipinski definition) is 9. The van der Waals surface area contributed by atoms with Gasteiger partial charge in [0.05, 0.1) is 24.5 Å². The fourth-order valence-corrected chi connectivity index (χ4v) is 5.04. The second kappa shape index (κ2) is 9.79. The minimum absolute atomic E-state index is 0.136. The summed E-state index contributed by atoms with van der Waals surface area (Å²) in [6.45, 7) is 5.13. The zero-order valence-corrected chi connectivity index (χ0v) is 20.2. The maximum atomic E-state index is 13.2. The Morgan fingerprint density at radius 2 is 1.92 bits per heavy atom. The first kappa shape index (κ1) is 22.8. The fourth-order valence-electron chi connectivity index (χ4n) is 5.04. The lowest BCUT2D eigenvalue weighted by Crippen LogP contribution is -2.43. The van der Waals surface area contributed by atoms with Gasteiger partial charge in [0.2, 0.25) is 0 Å². The van der Waals surface area contributed by atoms with Crippen LogP contribution >= 0.6 is 0 Å². The summed E-state index contributed by atoms with van der Waals surface area (Å²) < 4.78 is 23.9. The first-order valence-corrected chi connectivity index (χ1v) is 12.3. The van der Waals surface area contributed by atoms with Crippen molar-refractivity contribution in [3.8, 4) is 17.2 Å². The Labute approximate surface area is 207 Å². The smallest absolute Gasteiger partial charge is 0.280 e. The van der Waals surface area contributed by atoms with E-state index in [1.807, 2.05) is 24.3 Å². The molecule has 0 atom stereocenters. The molecule has 10 heteroatoms. The molecule has 1 aromatic carbocycles. The van der Waals surface area contributed by atoms with E-state index in [1.54, 1.807) is 17.9 Å². The maximum absolute atomic E-state index is 13.2. The highest BCUT2D eigenvalue weighted by Gasteiger charge is 2.21. The Kier molecular flexibility index (Phi) is 6.20. The number of pyridine rings is 2. The minimum Gasteiger partial charge on any atom is -0.497 e. The number of oxazole rings is 1. The second-order valence-corrected chi connectivity index (χ2v) is 9.19. The van der Waals surface area contributed by atoms with Gasteiger partial charge in [0.25, 0.3) is 5.56 Å². The van der Waals surface area contributed by atoms with Crippen LogP contribution in [0.1, 0.15) is 18.5 Å². The van der Waals surface area contributed by atoms with Crippen molar-refractivity contribution in [2.75, 3.05) is 40.0 Å². The molecule has 0 aliphatic carbocycles. The van der Waals surface area contributed by atoms with Crippen LogP contribution in [-0.4, -0.2) is 65.4 Å². The third-order valence-electron chi connectivity index (χ3n) is 7.04. The van der Waals surface area contributed by atoms with Crippen molar-refractivity contribution in [2.45, 2.75) is 32.0 Å². The Balaban J connectivity index is 1.08. The largest absolute Gasteiger partial charge is 0.497 e. The van der Waals surface area contributed by atoms with Crippen molar-refractivity contribution >= 4 is 22.0 Å². The van der Waals surface area contributed by atoms with Gasteiger partial charge in [-0.2, -0.15) is 0 Å². The number of ether oxygens (including phenoxy) is 3. The molecule has 0 amide bonds. The van der Waals surface area contributed by atoms with E-state index in [2.05, 4.69) is 20.2 Å². The average molecular weight is 492 g/mol. The zero-order chi connectivity index (χ0) is 24.5. The molecule has 3 aromatic heterocycles. The number of benzene rings is 1. The number of piperidine rings is 1. The van der Waals surface area contributed by atoms with Gasteiger partial charge in [-0.15, -0.1) is 0 Å². The van der Waals surface area contributed by atoms with E-state index in [0.717, 1.165) is 54.8 Å². The van der Waals surface area contributed by atoms with Crippen LogP contribution in [0.2, 0.25) is 0 Å². The van der Waals surface area contributed by atoms with Crippen LogP contribution in [0.25, 0.3) is 22.0 Å². The number of hydrogen-bond donors (Lipinski definition) is 1. The van der Waals surface area contributed by atoms with Crippen molar-refractivity contribution in [3.63, 3.8) is 0 Å². The number of aromatic nitrogens is 3. The van der Waals surface area contributed by atoms with Crippen molar-refractivity contribution < 1.29 is 18.6 Å². The monoisotopic (exact) mass is 491 g/mol. The quantitative estimate of drug-likeness (QED) is 0.418. The highest BCUT2D eigenvalue weighted by molar-refractivity contribution is 6.01. The summed E-state index contributed by atoms with van der Waals surface area (Å²) in [6, 6.07) is 8.07. The molecule has 6 rings (SSSR count). The van der Waals surface area contributed by atoms with E-state index in [9.17, 15) is 4.79 Å². The first-order valence-electron chi connectivity index (χ1n) is 12.3. The van der Waals surface area contributed by atoms with Crippen LogP contribution in [0.5, 0.6) is 17.2 Å². The van der Waals surface area contributed by atoms with Gasteiger partial charge in [-0.25, -0.2) is 4.98 Å². The molecule has 5 heterocycles. The van der Waals surface area contributed by atoms with Crippen LogP contribution in [0.3, 0.4) is 0 Å². The number of nitrogens with one attached hydrogen (secondary N) is 1. The molecule has 0 spiro atoms. The van der Waals surface area contributed by atoms with Crippen molar-refractivity contribution in [1.29, 1.82) is 0 Å². The number of fused-ring (bicyclic) bond motifs is 4. The van der Waals surface area contributed by atoms with Gasteiger partial charge in [0.1, 0.15) is 19.0 Å². The third kappa shape index (κ3) is 4.38. The van der Waals surface area contributed by atoms with E-state index < -0.39 is 0 Å². The molecule has 2 aliphatic heterocycles. The summed E-state index contributed by atoms with van der Waals surface area (Å²) in [5.41, 5.74) is 2.50. The lowest BCUT2D eigenvalue weighted by Gasteiger charge is -2.32. The van der Waals surface area contributed by atoms with E-state index in [0.29, 0.717) is 54.9 Å². The van der Waals surface area contributed by atoms with Crippen LogP contribution in [0, 0.1) is 0 Å². The molecule has 0 saturated carbocycles. The van der Waals surface area contributed by atoms with Crippen LogP contribution in [-0.2, 0) is 13.1 Å². The molecule has 0 bridgehead atoms. The average Bonchev–Trinajstić information content (AvgIpc) is 3.43. The Bertz CT molecular complexity index is 1440. The van der Waals surface area contributed by atoms with Crippen LogP contribution < -0.4 is 25.1 Å². The fraction of sp³-hybridized carbons (Fsp3) is 0.423. The summed E-state index contributed by atoms with van der Waals surface area (Å²) in [5.74, 6) is 2.19. The number of likely N-dealkylation sites (tertiary alicyclic amines) is 1. The van der Waals surface area contributed by atoms with Gasteiger partial charge in [-0.1, -0.05) is 0 Å². The zero-order valence-electron chi connectivity index (χ0n) is 20.2. The number of rotatable bonds is 7. The van der Waals surface area contributed by atoms with Crippen molar-refractivity contribution in [3.05, 3.63) is 52.9 Å². The molecule has 188 valence electrons. The van der Waals surface area contributed by atoms with Crippen molar-refractivity contribution in [2.24, 2.45) is 0 Å². The van der Waals surface area contributed by atoms with Gasteiger partial charge in [-0.3, -0.25) is 9.78 Å². The minimum atomic E-state index is -0.136. The summed E-state index contributed by atoms with van der Waals surface area (Å²) in [5, 5.41) is 4.49. The van der Waals surface area contributed by atoms with Crippen LogP contribution in [0.4, 0.5) is 0 Å². The summed E-state index contributed by atoms with van der Waals surface area (Å²) >= 11 is 0. The van der Waals surface area contributed by atoms with E-state index in [1.165, 1.54) is 6.39 Å². The van der Waals surface area contributed by atoms with Crippen molar-refractivity contribution in [1.82, 2.24) is 24.8 Å². The molecule has 0 radical (unpaired) electrons. The first-order chi connectivity index (χ1) is 17.7. The predicted molar refractivity (Wildman–Crippen MR) is 134 cm³/mol. The number of methoxy groups -OCH3 is 1. The Morgan fingerprint density at radius 1 is 1.08 bits per heavy atom. The molecule has 1 N–H and O–H groups in total. The summed E-state index contributed by atoms with van der Waals surface area (Å²) in [6.07, 6.45) is 5.15. The number of nitrogens with zero attached hydrogens (tertiary/aromatic N) is 4. The van der Waals surface area contributed by atoms with Gasteiger partial charge in [-0.05, 0) is 38.1 Å². The normalized spacial score (nSPS) is 16.6. The van der Waals surface area contributed by atoms with Gasteiger partial charge in [0.15, 0.2) is 29.0 Å². The van der Waals surface area contributed by atoms with E-state index in [-0.39, 0.29) is 5.56 Å². The molecule has 4 aromatic rings. The molecule has 1 saturated heterocycles. The van der Waals surface area contributed by atoms with Gasteiger partial charge >= 0.3 is 0 Å². The molecule has 2 aliphatic rings. The topological polar surface area (TPSA) is 104 Å². The highest BCUT2D eigenvalue weighted by Crippen LogP contribution is 2.29. The van der Waals surface area contributed by atoms with E-state index in [4.69, 9.17) is 18.6 Å². The Hall–Kier alpha value is -3.63. The molecular formula is C26H29N5O5. The Morgan fingerprint density at radius 3 is 2.75 bits per heavy atom. The lowest BCUT2D eigenvalue weighted by atomic mass is 10.0. The second-order valence-electron chi connectivity index (χ2n) is 9.19. The maximum Gasteiger partial charge on any atom is 0.280 e. The summed E-state index contributed by atoms with van der Waals surface area (Å²) in [7, 11) is 1.62. The molecule has 36 heavy (non-hydrogen) atoms. The van der Waals surface area contributed by atoms with Gasteiger partial charge in [0, 0.05) is 43.2 Å². The third-order valence-corrected chi connectivity index (χ3v) is 7.04. The molecular weight excluding hydrogens is 462 g/mol. The van der Waals surface area contributed by atoms with E-state index >= 15 is 0 Å².